The smallest absolute Gasteiger partial charge is 0.255 e. The molecule has 0 bridgehead atoms. The molecule has 1 amide bonds. The van der Waals surface area contributed by atoms with Crippen molar-refractivity contribution in [3.05, 3.63) is 90.0 Å². The molecule has 0 radical (unpaired) electrons. The van der Waals surface area contributed by atoms with Crippen LogP contribution < -0.4 is 24.3 Å². The van der Waals surface area contributed by atoms with E-state index < -0.39 is 0 Å². The molecule has 0 aromatic heterocycles. The van der Waals surface area contributed by atoms with Gasteiger partial charge in [0.15, 0.2) is 0 Å². The molecule has 4 aromatic rings. The number of carbonyl (C=O) groups is 1. The number of hydrogen-bond donors (Lipinski definition) is 1. The van der Waals surface area contributed by atoms with Crippen LogP contribution in [0.4, 0.5) is 5.69 Å². The fraction of sp³-hybridized carbons (Fsp3) is 0.179. The number of nitrogens with one attached hydrogen (secondary N) is 1. The Labute approximate surface area is 199 Å². The number of rotatable bonds is 9. The summed E-state index contributed by atoms with van der Waals surface area (Å²) in [7, 11) is 3.12. The molecule has 0 aliphatic carbocycles. The number of carbonyl (C=O) groups excluding carboxylic acids is 1. The lowest BCUT2D eigenvalue weighted by Gasteiger charge is -2.15. The van der Waals surface area contributed by atoms with Crippen molar-refractivity contribution in [2.24, 2.45) is 0 Å². The Morgan fingerprint density at radius 1 is 0.765 bits per heavy atom. The van der Waals surface area contributed by atoms with Gasteiger partial charge in [-0.1, -0.05) is 30.3 Å². The first-order valence-electron chi connectivity index (χ1n) is 11.0. The van der Waals surface area contributed by atoms with Crippen molar-refractivity contribution in [1.82, 2.24) is 0 Å². The van der Waals surface area contributed by atoms with E-state index in [2.05, 4.69) is 11.4 Å². The number of benzene rings is 4. The Morgan fingerprint density at radius 2 is 1.53 bits per heavy atom. The molecule has 0 fully saturated rings. The third-order valence-corrected chi connectivity index (χ3v) is 5.39. The van der Waals surface area contributed by atoms with Gasteiger partial charge in [-0.25, -0.2) is 0 Å². The lowest BCUT2D eigenvalue weighted by Crippen LogP contribution is -2.14. The summed E-state index contributed by atoms with van der Waals surface area (Å²) in [5, 5.41) is 5.15. The van der Waals surface area contributed by atoms with E-state index >= 15 is 0 Å². The van der Waals surface area contributed by atoms with Crippen molar-refractivity contribution >= 4 is 22.4 Å². The molecule has 0 unspecified atom stereocenters. The van der Waals surface area contributed by atoms with E-state index in [9.17, 15) is 4.79 Å². The minimum Gasteiger partial charge on any atom is -0.497 e. The first kappa shape index (κ1) is 23.0. The van der Waals surface area contributed by atoms with Gasteiger partial charge in [0.1, 0.15) is 29.6 Å². The van der Waals surface area contributed by atoms with E-state index in [1.165, 1.54) is 0 Å². The molecule has 4 rings (SSSR count). The molecule has 0 saturated carbocycles. The molecule has 6 heteroatoms. The molecule has 0 saturated heterocycles. The van der Waals surface area contributed by atoms with Gasteiger partial charge in [-0.15, -0.1) is 0 Å². The van der Waals surface area contributed by atoms with Crippen molar-refractivity contribution in [3.8, 4) is 23.0 Å². The maximum atomic E-state index is 13.0. The maximum absolute atomic E-state index is 13.0. The molecule has 0 atom stereocenters. The van der Waals surface area contributed by atoms with Gasteiger partial charge in [0, 0.05) is 17.2 Å². The van der Waals surface area contributed by atoms with Gasteiger partial charge >= 0.3 is 0 Å². The van der Waals surface area contributed by atoms with Crippen LogP contribution in [0, 0.1) is 0 Å². The van der Waals surface area contributed by atoms with E-state index in [-0.39, 0.29) is 12.5 Å². The van der Waals surface area contributed by atoms with Crippen LogP contribution in [0.25, 0.3) is 10.8 Å². The Morgan fingerprint density at radius 3 is 2.29 bits per heavy atom. The van der Waals surface area contributed by atoms with Crippen molar-refractivity contribution in [3.63, 3.8) is 0 Å². The van der Waals surface area contributed by atoms with Crippen LogP contribution >= 0.6 is 0 Å². The quantitative estimate of drug-likeness (QED) is 0.330. The normalized spacial score (nSPS) is 10.6. The number of fused-ring (bicyclic) bond motifs is 1. The third-order valence-electron chi connectivity index (χ3n) is 5.39. The highest BCUT2D eigenvalue weighted by atomic mass is 16.5. The molecule has 0 heterocycles. The molecular weight excluding hydrogens is 430 g/mol. The van der Waals surface area contributed by atoms with E-state index in [0.29, 0.717) is 35.1 Å². The van der Waals surface area contributed by atoms with E-state index in [1.807, 2.05) is 43.3 Å². The molecule has 174 valence electrons. The summed E-state index contributed by atoms with van der Waals surface area (Å²) in [6.07, 6.45) is 0. The summed E-state index contributed by atoms with van der Waals surface area (Å²) >= 11 is 0. The predicted molar refractivity (Wildman–Crippen MR) is 133 cm³/mol. The summed E-state index contributed by atoms with van der Waals surface area (Å²) < 4.78 is 22.5. The Kier molecular flexibility index (Phi) is 7.18. The van der Waals surface area contributed by atoms with Gasteiger partial charge in [0.2, 0.25) is 0 Å². The highest BCUT2D eigenvalue weighted by molar-refractivity contribution is 6.05. The fourth-order valence-electron chi connectivity index (χ4n) is 3.65. The minimum atomic E-state index is -0.276. The summed E-state index contributed by atoms with van der Waals surface area (Å²) in [6, 6.07) is 24.6. The van der Waals surface area contributed by atoms with Crippen LogP contribution in [0.2, 0.25) is 0 Å². The monoisotopic (exact) mass is 457 g/mol. The van der Waals surface area contributed by atoms with Crippen LogP contribution in [0.1, 0.15) is 22.8 Å². The maximum Gasteiger partial charge on any atom is 0.255 e. The Hall–Kier alpha value is -4.19. The van der Waals surface area contributed by atoms with Crippen LogP contribution in [0.15, 0.2) is 78.9 Å². The van der Waals surface area contributed by atoms with Crippen LogP contribution in [-0.4, -0.2) is 26.7 Å². The van der Waals surface area contributed by atoms with Crippen molar-refractivity contribution in [2.45, 2.75) is 13.5 Å². The van der Waals surface area contributed by atoms with E-state index in [1.54, 1.807) is 50.6 Å². The number of methoxy groups -OCH3 is 2. The van der Waals surface area contributed by atoms with Gasteiger partial charge in [-0.05, 0) is 60.2 Å². The van der Waals surface area contributed by atoms with Gasteiger partial charge in [-0.2, -0.15) is 0 Å². The first-order chi connectivity index (χ1) is 16.6. The van der Waals surface area contributed by atoms with E-state index in [0.717, 1.165) is 22.1 Å². The molecule has 0 aliphatic heterocycles. The zero-order chi connectivity index (χ0) is 23.9. The van der Waals surface area contributed by atoms with Crippen molar-refractivity contribution in [1.29, 1.82) is 0 Å². The second kappa shape index (κ2) is 10.6. The topological polar surface area (TPSA) is 66.0 Å². The predicted octanol–water partition coefficient (Wildman–Crippen LogP) is 6.09. The third kappa shape index (κ3) is 5.23. The lowest BCUT2D eigenvalue weighted by molar-refractivity contribution is 0.102. The summed E-state index contributed by atoms with van der Waals surface area (Å²) in [4.78, 5) is 13.0. The average molecular weight is 458 g/mol. The second-order valence-corrected chi connectivity index (χ2v) is 7.57. The average Bonchev–Trinajstić information content (AvgIpc) is 2.88. The summed E-state index contributed by atoms with van der Waals surface area (Å²) in [5.74, 6) is 2.31. The van der Waals surface area contributed by atoms with Crippen molar-refractivity contribution in [2.75, 3.05) is 26.1 Å². The second-order valence-electron chi connectivity index (χ2n) is 7.57. The van der Waals surface area contributed by atoms with Gasteiger partial charge in [-0.3, -0.25) is 4.79 Å². The highest BCUT2D eigenvalue weighted by Crippen LogP contribution is 2.30. The van der Waals surface area contributed by atoms with Crippen LogP contribution in [-0.2, 0) is 6.61 Å². The number of amides is 1. The zero-order valence-corrected chi connectivity index (χ0v) is 19.5. The fourth-order valence-corrected chi connectivity index (χ4v) is 3.65. The molecule has 0 spiro atoms. The Balaban J connectivity index is 1.55. The van der Waals surface area contributed by atoms with Gasteiger partial charge < -0.3 is 24.3 Å². The van der Waals surface area contributed by atoms with Crippen molar-refractivity contribution < 1.29 is 23.7 Å². The molecule has 34 heavy (non-hydrogen) atoms. The summed E-state index contributed by atoms with van der Waals surface area (Å²) in [6.45, 7) is 2.69. The molecule has 1 N–H and O–H groups in total. The molecule has 4 aromatic carbocycles. The molecule has 6 nitrogen and oxygen atoms in total. The van der Waals surface area contributed by atoms with Crippen LogP contribution in [0.5, 0.6) is 23.0 Å². The van der Waals surface area contributed by atoms with Gasteiger partial charge in [0.25, 0.3) is 5.91 Å². The Bertz CT molecular complexity index is 1300. The SMILES string of the molecule is CCOc1ccc(C(=O)Nc2cc(OC)ccc2OC)cc1COc1ccc2ccccc2c1. The van der Waals surface area contributed by atoms with Gasteiger partial charge in [0.05, 0.1) is 26.5 Å². The number of ether oxygens (including phenoxy) is 4. The summed E-state index contributed by atoms with van der Waals surface area (Å²) in [5.41, 5.74) is 1.78. The number of anilines is 1. The van der Waals surface area contributed by atoms with Crippen LogP contribution in [0.3, 0.4) is 0 Å². The lowest BCUT2D eigenvalue weighted by atomic mass is 10.1. The molecular formula is C28H27NO5. The highest BCUT2D eigenvalue weighted by Gasteiger charge is 2.14. The van der Waals surface area contributed by atoms with E-state index in [4.69, 9.17) is 18.9 Å². The standard InChI is InChI=1S/C28H27NO5/c1-4-33-26-13-10-21(28(30)29-25-17-23(31-2)12-14-27(25)32-3)15-22(26)18-34-24-11-9-19-7-5-6-8-20(19)16-24/h5-17H,4,18H2,1-3H3,(H,29,30). The molecule has 0 aliphatic rings. The largest absolute Gasteiger partial charge is 0.497 e. The first-order valence-corrected chi connectivity index (χ1v) is 11.0. The minimum absolute atomic E-state index is 0.261. The zero-order valence-electron chi connectivity index (χ0n) is 19.5. The number of hydrogen-bond acceptors (Lipinski definition) is 5.